The van der Waals surface area contributed by atoms with E-state index < -0.39 is 5.97 Å². The fourth-order valence-corrected chi connectivity index (χ4v) is 2.02. The summed E-state index contributed by atoms with van der Waals surface area (Å²) >= 11 is 0. The zero-order valence-corrected chi connectivity index (χ0v) is 11.9. The number of nitrogens with one attached hydrogen (secondary N) is 2. The van der Waals surface area contributed by atoms with E-state index in [1.807, 2.05) is 0 Å². The minimum absolute atomic E-state index is 0.194. The lowest BCUT2D eigenvalue weighted by molar-refractivity contribution is 0.0696. The second kappa shape index (κ2) is 6.10. The number of carboxylic acids is 1. The van der Waals surface area contributed by atoms with E-state index in [1.165, 1.54) is 18.3 Å². The highest BCUT2D eigenvalue weighted by Gasteiger charge is 2.06. The molecule has 0 spiro atoms. The maximum Gasteiger partial charge on any atom is 0.335 e. The zero-order valence-electron chi connectivity index (χ0n) is 11.9. The lowest BCUT2D eigenvalue weighted by atomic mass is 10.1. The highest BCUT2D eigenvalue weighted by molar-refractivity contribution is 5.97. The lowest BCUT2D eigenvalue weighted by Gasteiger charge is -2.00. The fraction of sp³-hybridized carbons (Fsp3) is 0. The number of fused-ring (bicyclic) bond motifs is 1. The van der Waals surface area contributed by atoms with Crippen molar-refractivity contribution >= 4 is 29.1 Å². The standard InChI is InChI=1S/C16H12N4O3/c21-15(12-5-6-13-14(7-12)18-9-17-13)20-19-8-10-1-3-11(4-2-10)16(22)23/h1-9H,(H,17,18)(H,20,21)(H,22,23)/b19-8-. The molecule has 0 aliphatic carbocycles. The van der Waals surface area contributed by atoms with Crippen molar-refractivity contribution in [1.82, 2.24) is 15.4 Å². The van der Waals surface area contributed by atoms with Gasteiger partial charge in [0.15, 0.2) is 0 Å². The highest BCUT2D eigenvalue weighted by Crippen LogP contribution is 2.11. The van der Waals surface area contributed by atoms with Crippen LogP contribution in [0, 0.1) is 0 Å². The van der Waals surface area contributed by atoms with Gasteiger partial charge in [-0.2, -0.15) is 5.10 Å². The van der Waals surface area contributed by atoms with Gasteiger partial charge in [0.25, 0.3) is 5.91 Å². The minimum atomic E-state index is -0.990. The van der Waals surface area contributed by atoms with Crippen LogP contribution in [0.4, 0.5) is 0 Å². The van der Waals surface area contributed by atoms with Crippen LogP contribution in [0.5, 0.6) is 0 Å². The molecule has 114 valence electrons. The number of carbonyl (C=O) groups is 2. The van der Waals surface area contributed by atoms with Gasteiger partial charge in [-0.1, -0.05) is 12.1 Å². The summed E-state index contributed by atoms with van der Waals surface area (Å²) in [6, 6.07) is 11.3. The number of hydrazone groups is 1. The number of hydrogen-bond donors (Lipinski definition) is 3. The number of aromatic nitrogens is 2. The van der Waals surface area contributed by atoms with Gasteiger partial charge in [0, 0.05) is 5.56 Å². The number of aromatic amines is 1. The Morgan fingerprint density at radius 3 is 2.61 bits per heavy atom. The number of H-pyrrole nitrogens is 1. The second-order valence-corrected chi connectivity index (χ2v) is 4.76. The van der Waals surface area contributed by atoms with Gasteiger partial charge in [-0.3, -0.25) is 4.79 Å². The van der Waals surface area contributed by atoms with Crippen LogP contribution < -0.4 is 5.43 Å². The van der Waals surface area contributed by atoms with Crippen molar-refractivity contribution in [3.63, 3.8) is 0 Å². The summed E-state index contributed by atoms with van der Waals surface area (Å²) in [5.41, 5.74) is 5.30. The second-order valence-electron chi connectivity index (χ2n) is 4.76. The molecule has 0 fully saturated rings. The first kappa shape index (κ1) is 14.5. The fourth-order valence-electron chi connectivity index (χ4n) is 2.02. The molecule has 1 aromatic heterocycles. The molecule has 23 heavy (non-hydrogen) atoms. The highest BCUT2D eigenvalue weighted by atomic mass is 16.4. The van der Waals surface area contributed by atoms with Crippen LogP contribution in [0.1, 0.15) is 26.3 Å². The first-order valence-electron chi connectivity index (χ1n) is 6.73. The zero-order chi connectivity index (χ0) is 16.2. The van der Waals surface area contributed by atoms with Gasteiger partial charge in [0.05, 0.1) is 29.1 Å². The molecule has 0 unspecified atom stereocenters. The van der Waals surface area contributed by atoms with Crippen LogP contribution in [0.3, 0.4) is 0 Å². The molecule has 0 bridgehead atoms. The summed E-state index contributed by atoms with van der Waals surface area (Å²) in [7, 11) is 0. The van der Waals surface area contributed by atoms with Crippen molar-refractivity contribution in [2.75, 3.05) is 0 Å². The van der Waals surface area contributed by atoms with Crippen molar-refractivity contribution in [2.45, 2.75) is 0 Å². The third-order valence-corrected chi connectivity index (χ3v) is 3.22. The number of amides is 1. The molecule has 0 saturated heterocycles. The number of rotatable bonds is 4. The molecule has 0 radical (unpaired) electrons. The SMILES string of the molecule is O=C(O)c1ccc(/C=N\NC(=O)c2ccc3nc[nH]c3c2)cc1. The molecule has 0 aliphatic rings. The van der Waals surface area contributed by atoms with Crippen LogP contribution >= 0.6 is 0 Å². The number of imidazole rings is 1. The van der Waals surface area contributed by atoms with E-state index >= 15 is 0 Å². The van der Waals surface area contributed by atoms with Gasteiger partial charge < -0.3 is 10.1 Å². The van der Waals surface area contributed by atoms with Gasteiger partial charge in [-0.05, 0) is 35.9 Å². The van der Waals surface area contributed by atoms with Crippen LogP contribution in [-0.4, -0.2) is 33.2 Å². The van der Waals surface area contributed by atoms with Gasteiger partial charge in [0.1, 0.15) is 0 Å². The molecule has 7 nitrogen and oxygen atoms in total. The predicted octanol–water partition coefficient (Wildman–Crippen LogP) is 2.02. The van der Waals surface area contributed by atoms with Crippen molar-refractivity contribution < 1.29 is 14.7 Å². The molecular formula is C16H12N4O3. The summed E-state index contributed by atoms with van der Waals surface area (Å²) in [6.45, 7) is 0. The minimum Gasteiger partial charge on any atom is -0.478 e. The average molecular weight is 308 g/mol. The van der Waals surface area contributed by atoms with E-state index in [1.54, 1.807) is 36.7 Å². The van der Waals surface area contributed by atoms with Crippen molar-refractivity contribution in [1.29, 1.82) is 0 Å². The smallest absolute Gasteiger partial charge is 0.335 e. The summed E-state index contributed by atoms with van der Waals surface area (Å²) in [6.07, 6.45) is 3.00. The predicted molar refractivity (Wildman–Crippen MR) is 84.6 cm³/mol. The third kappa shape index (κ3) is 3.24. The normalized spacial score (nSPS) is 11.0. The largest absolute Gasteiger partial charge is 0.478 e. The Kier molecular flexibility index (Phi) is 3.84. The Balaban J connectivity index is 1.66. The van der Waals surface area contributed by atoms with Gasteiger partial charge in [-0.15, -0.1) is 0 Å². The average Bonchev–Trinajstić information content (AvgIpc) is 3.02. The molecule has 3 aromatic rings. The summed E-state index contributed by atoms with van der Waals surface area (Å²) in [5, 5.41) is 12.7. The first-order valence-corrected chi connectivity index (χ1v) is 6.73. The Morgan fingerprint density at radius 2 is 1.87 bits per heavy atom. The van der Waals surface area contributed by atoms with Gasteiger partial charge >= 0.3 is 5.97 Å². The summed E-state index contributed by atoms with van der Waals surface area (Å²) in [4.78, 5) is 29.8. The number of benzene rings is 2. The van der Waals surface area contributed by atoms with Crippen molar-refractivity contribution in [3.8, 4) is 0 Å². The molecule has 3 N–H and O–H groups in total. The Labute approximate surface area is 130 Å². The number of carbonyl (C=O) groups excluding carboxylic acids is 1. The number of carboxylic acid groups (broad SMARTS) is 1. The number of hydrogen-bond acceptors (Lipinski definition) is 4. The third-order valence-electron chi connectivity index (χ3n) is 3.22. The van der Waals surface area contributed by atoms with E-state index in [-0.39, 0.29) is 11.5 Å². The monoisotopic (exact) mass is 308 g/mol. The van der Waals surface area contributed by atoms with E-state index in [4.69, 9.17) is 5.11 Å². The van der Waals surface area contributed by atoms with Crippen molar-refractivity contribution in [2.24, 2.45) is 5.10 Å². The van der Waals surface area contributed by atoms with Crippen LogP contribution in [0.2, 0.25) is 0 Å². The van der Waals surface area contributed by atoms with E-state index in [2.05, 4.69) is 20.5 Å². The number of nitrogens with zero attached hydrogens (tertiary/aromatic N) is 2. The van der Waals surface area contributed by atoms with Crippen LogP contribution in [-0.2, 0) is 0 Å². The molecule has 0 aliphatic heterocycles. The summed E-state index contributed by atoms with van der Waals surface area (Å²) in [5.74, 6) is -1.34. The quantitative estimate of drug-likeness (QED) is 0.506. The van der Waals surface area contributed by atoms with E-state index in [9.17, 15) is 9.59 Å². The van der Waals surface area contributed by atoms with Crippen LogP contribution in [0.25, 0.3) is 11.0 Å². The molecule has 0 atom stereocenters. The maximum absolute atomic E-state index is 12.0. The molecule has 1 amide bonds. The summed E-state index contributed by atoms with van der Waals surface area (Å²) < 4.78 is 0. The lowest BCUT2D eigenvalue weighted by Crippen LogP contribution is -2.17. The molecule has 7 heteroatoms. The number of aromatic carboxylic acids is 1. The van der Waals surface area contributed by atoms with Gasteiger partial charge in [-0.25, -0.2) is 15.2 Å². The maximum atomic E-state index is 12.0. The van der Waals surface area contributed by atoms with Gasteiger partial charge in [0.2, 0.25) is 0 Å². The molecule has 2 aromatic carbocycles. The molecular weight excluding hydrogens is 296 g/mol. The van der Waals surface area contributed by atoms with Crippen LogP contribution in [0.15, 0.2) is 53.9 Å². The van der Waals surface area contributed by atoms with Crippen molar-refractivity contribution in [3.05, 3.63) is 65.5 Å². The van der Waals surface area contributed by atoms with E-state index in [0.29, 0.717) is 11.1 Å². The molecule has 0 saturated carbocycles. The Bertz CT molecular complexity index is 897. The Hall–Kier alpha value is -3.48. The molecule has 3 rings (SSSR count). The van der Waals surface area contributed by atoms with E-state index in [0.717, 1.165) is 11.0 Å². The topological polar surface area (TPSA) is 107 Å². The Morgan fingerprint density at radius 1 is 1.13 bits per heavy atom. The molecule has 1 heterocycles. The first-order chi connectivity index (χ1) is 11.1.